The van der Waals surface area contributed by atoms with Gasteiger partial charge in [0.1, 0.15) is 0 Å². The predicted molar refractivity (Wildman–Crippen MR) is 131 cm³/mol. The van der Waals surface area contributed by atoms with Crippen LogP contribution in [0.15, 0.2) is 47.6 Å². The number of anilines is 1. The highest BCUT2D eigenvalue weighted by atomic mass is 127. The van der Waals surface area contributed by atoms with Crippen LogP contribution in [0.3, 0.4) is 0 Å². The quantitative estimate of drug-likeness (QED) is 0.293. The zero-order chi connectivity index (χ0) is 20.6. The molecule has 0 radical (unpaired) electrons. The van der Waals surface area contributed by atoms with Crippen LogP contribution >= 0.6 is 24.0 Å². The second-order valence-electron chi connectivity index (χ2n) is 7.28. The van der Waals surface area contributed by atoms with E-state index in [2.05, 4.69) is 32.0 Å². The first-order valence-corrected chi connectivity index (χ1v) is 10.1. The lowest BCUT2D eigenvalue weighted by Gasteiger charge is -2.26. The molecule has 0 saturated heterocycles. The Labute approximate surface area is 195 Å². The highest BCUT2D eigenvalue weighted by molar-refractivity contribution is 14.0. The molecule has 3 rings (SSSR count). The molecule has 2 aromatic rings. The molecule has 0 fully saturated rings. The summed E-state index contributed by atoms with van der Waals surface area (Å²) in [6, 6.07) is 11.8. The highest BCUT2D eigenvalue weighted by Crippen LogP contribution is 2.31. The number of para-hydroxylation sites is 1. The van der Waals surface area contributed by atoms with Crippen LogP contribution in [0.25, 0.3) is 0 Å². The SMILES string of the molecule is CCNC(=NCc1ccc(OC(C)C)nc1)NCC1CC(=O)Nc2ccccc21.I. The van der Waals surface area contributed by atoms with Gasteiger partial charge < -0.3 is 20.7 Å². The maximum atomic E-state index is 12.0. The molecule has 0 bridgehead atoms. The second-order valence-corrected chi connectivity index (χ2v) is 7.28. The number of carbonyl (C=O) groups is 1. The molecule has 0 aliphatic carbocycles. The fraction of sp³-hybridized carbons (Fsp3) is 0.409. The fourth-order valence-electron chi connectivity index (χ4n) is 3.23. The van der Waals surface area contributed by atoms with Crippen LogP contribution in [-0.2, 0) is 11.3 Å². The lowest BCUT2D eigenvalue weighted by atomic mass is 9.90. The summed E-state index contributed by atoms with van der Waals surface area (Å²) in [6.07, 6.45) is 2.35. The lowest BCUT2D eigenvalue weighted by molar-refractivity contribution is -0.116. The van der Waals surface area contributed by atoms with Gasteiger partial charge in [-0.15, -0.1) is 24.0 Å². The Morgan fingerprint density at radius 2 is 2.07 bits per heavy atom. The van der Waals surface area contributed by atoms with E-state index in [1.54, 1.807) is 6.20 Å². The number of rotatable bonds is 7. The Morgan fingerprint density at radius 1 is 1.27 bits per heavy atom. The lowest BCUT2D eigenvalue weighted by Crippen LogP contribution is -2.40. The molecule has 1 aliphatic rings. The van der Waals surface area contributed by atoms with Crippen molar-refractivity contribution in [3.63, 3.8) is 0 Å². The average Bonchev–Trinajstić information content (AvgIpc) is 2.70. The van der Waals surface area contributed by atoms with E-state index in [4.69, 9.17) is 4.74 Å². The Balaban J connectivity index is 0.00000320. The van der Waals surface area contributed by atoms with Crippen LogP contribution in [0.2, 0.25) is 0 Å². The number of nitrogens with one attached hydrogen (secondary N) is 3. The standard InChI is InChI=1S/C22H29N5O2.HI/c1-4-23-22(25-13-16-9-10-21(24-12-16)29-15(2)3)26-14-17-11-20(28)27-19-8-6-5-7-18(17)19;/h5-10,12,15,17H,4,11,13-14H2,1-3H3,(H,27,28)(H2,23,25,26);1H. The monoisotopic (exact) mass is 523 g/mol. The number of fused-ring (bicyclic) bond motifs is 1. The Kier molecular flexibility index (Phi) is 9.35. The van der Waals surface area contributed by atoms with E-state index >= 15 is 0 Å². The van der Waals surface area contributed by atoms with Crippen LogP contribution in [0.4, 0.5) is 5.69 Å². The first kappa shape index (κ1) is 23.9. The van der Waals surface area contributed by atoms with Crippen molar-refractivity contribution in [3.8, 4) is 5.88 Å². The largest absolute Gasteiger partial charge is 0.475 e. The van der Waals surface area contributed by atoms with Crippen LogP contribution < -0.4 is 20.7 Å². The Bertz CT molecular complexity index is 855. The number of amides is 1. The highest BCUT2D eigenvalue weighted by Gasteiger charge is 2.24. The maximum absolute atomic E-state index is 12.0. The van der Waals surface area contributed by atoms with Crippen LogP contribution in [0, 0.1) is 0 Å². The molecule has 1 aromatic heterocycles. The molecule has 2 heterocycles. The third-order valence-corrected chi connectivity index (χ3v) is 4.54. The van der Waals surface area contributed by atoms with Crippen molar-refractivity contribution in [3.05, 3.63) is 53.7 Å². The zero-order valence-corrected chi connectivity index (χ0v) is 20.0. The minimum absolute atomic E-state index is 0. The smallest absolute Gasteiger partial charge is 0.225 e. The minimum atomic E-state index is 0. The number of benzene rings is 1. The van der Waals surface area contributed by atoms with Crippen molar-refractivity contribution >= 4 is 41.5 Å². The van der Waals surface area contributed by atoms with E-state index in [9.17, 15) is 4.79 Å². The van der Waals surface area contributed by atoms with Gasteiger partial charge in [0.2, 0.25) is 11.8 Å². The van der Waals surface area contributed by atoms with Gasteiger partial charge in [-0.05, 0) is 38.0 Å². The normalized spacial score (nSPS) is 15.7. The molecule has 1 aliphatic heterocycles. The zero-order valence-electron chi connectivity index (χ0n) is 17.6. The van der Waals surface area contributed by atoms with Crippen LogP contribution in [-0.4, -0.2) is 36.0 Å². The van der Waals surface area contributed by atoms with E-state index in [1.165, 1.54) is 0 Å². The van der Waals surface area contributed by atoms with Crippen molar-refractivity contribution in [2.75, 3.05) is 18.4 Å². The van der Waals surface area contributed by atoms with Crippen molar-refractivity contribution in [2.45, 2.75) is 45.8 Å². The number of aromatic nitrogens is 1. The molecule has 1 unspecified atom stereocenters. The number of guanidine groups is 1. The summed E-state index contributed by atoms with van der Waals surface area (Å²) in [5.74, 6) is 1.50. The topological polar surface area (TPSA) is 87.6 Å². The molecule has 8 heteroatoms. The number of hydrogen-bond acceptors (Lipinski definition) is 4. The molecule has 30 heavy (non-hydrogen) atoms. The van der Waals surface area contributed by atoms with Gasteiger partial charge in [0.05, 0.1) is 12.6 Å². The molecule has 1 aromatic carbocycles. The average molecular weight is 523 g/mol. The molecule has 162 valence electrons. The number of hydrogen-bond donors (Lipinski definition) is 3. The van der Waals surface area contributed by atoms with Crippen molar-refractivity contribution < 1.29 is 9.53 Å². The minimum Gasteiger partial charge on any atom is -0.475 e. The van der Waals surface area contributed by atoms with Crippen LogP contribution in [0.5, 0.6) is 5.88 Å². The molecule has 1 atom stereocenters. The Hall–Kier alpha value is -2.36. The summed E-state index contributed by atoms with van der Waals surface area (Å²) in [7, 11) is 0. The van der Waals surface area contributed by atoms with Crippen LogP contribution in [0.1, 0.15) is 44.2 Å². The molecule has 0 spiro atoms. The summed E-state index contributed by atoms with van der Waals surface area (Å²) in [5, 5.41) is 9.57. The van der Waals surface area contributed by atoms with Gasteiger partial charge in [-0.1, -0.05) is 24.3 Å². The predicted octanol–water partition coefficient (Wildman–Crippen LogP) is 3.67. The van der Waals surface area contributed by atoms with E-state index in [1.807, 2.05) is 51.1 Å². The number of carbonyl (C=O) groups excluding carboxylic acids is 1. The number of nitrogens with zero attached hydrogens (tertiary/aromatic N) is 2. The van der Waals surface area contributed by atoms with Gasteiger partial charge >= 0.3 is 0 Å². The van der Waals surface area contributed by atoms with E-state index in [0.29, 0.717) is 25.4 Å². The van der Waals surface area contributed by atoms with Gasteiger partial charge in [-0.3, -0.25) is 4.79 Å². The summed E-state index contributed by atoms with van der Waals surface area (Å²) < 4.78 is 5.57. The van der Waals surface area contributed by atoms with Crippen molar-refractivity contribution in [1.82, 2.24) is 15.6 Å². The summed E-state index contributed by atoms with van der Waals surface area (Å²) in [5.41, 5.74) is 3.05. The number of pyridine rings is 1. The third kappa shape index (κ3) is 6.86. The molecule has 1 amide bonds. The van der Waals surface area contributed by atoms with Gasteiger partial charge in [-0.2, -0.15) is 0 Å². The van der Waals surface area contributed by atoms with E-state index in [-0.39, 0.29) is 41.9 Å². The number of halogens is 1. The molecular formula is C22H30IN5O2. The first-order valence-electron chi connectivity index (χ1n) is 10.1. The van der Waals surface area contributed by atoms with Crippen molar-refractivity contribution in [1.29, 1.82) is 0 Å². The molecule has 7 nitrogen and oxygen atoms in total. The first-order chi connectivity index (χ1) is 14.0. The fourth-order valence-corrected chi connectivity index (χ4v) is 3.23. The van der Waals surface area contributed by atoms with Gasteiger partial charge in [0.15, 0.2) is 5.96 Å². The third-order valence-electron chi connectivity index (χ3n) is 4.54. The second kappa shape index (κ2) is 11.7. The maximum Gasteiger partial charge on any atom is 0.225 e. The molecule has 3 N–H and O–H groups in total. The number of aliphatic imine (C=N–C) groups is 1. The summed E-state index contributed by atoms with van der Waals surface area (Å²) in [6.45, 7) is 7.88. The summed E-state index contributed by atoms with van der Waals surface area (Å²) in [4.78, 5) is 21.0. The van der Waals surface area contributed by atoms with Gasteiger partial charge in [-0.25, -0.2) is 9.98 Å². The number of ether oxygens (including phenoxy) is 1. The van der Waals surface area contributed by atoms with E-state index in [0.717, 1.165) is 29.3 Å². The van der Waals surface area contributed by atoms with Gasteiger partial charge in [0.25, 0.3) is 0 Å². The van der Waals surface area contributed by atoms with Gasteiger partial charge in [0, 0.05) is 43.4 Å². The molecular weight excluding hydrogens is 493 g/mol. The Morgan fingerprint density at radius 3 is 2.77 bits per heavy atom. The molecule has 0 saturated carbocycles. The van der Waals surface area contributed by atoms with Crippen molar-refractivity contribution in [2.24, 2.45) is 4.99 Å². The summed E-state index contributed by atoms with van der Waals surface area (Å²) >= 11 is 0. The van der Waals surface area contributed by atoms with E-state index < -0.39 is 0 Å².